The number of hydrogen-bond acceptors (Lipinski definition) is 8. The van der Waals surface area contributed by atoms with Gasteiger partial charge in [-0.2, -0.15) is 0 Å². The zero-order valence-corrected chi connectivity index (χ0v) is 25.7. The normalized spacial score (nSPS) is 49.3. The van der Waals surface area contributed by atoms with Crippen LogP contribution in [-0.2, 0) is 19.1 Å². The number of fused-ring (bicyclic) bond motifs is 5. The van der Waals surface area contributed by atoms with Crippen molar-refractivity contribution in [3.63, 3.8) is 0 Å². The Morgan fingerprint density at radius 2 is 1.69 bits per heavy atom. The van der Waals surface area contributed by atoms with Gasteiger partial charge in [0.2, 0.25) is 5.91 Å². The molecule has 4 aliphatic carbocycles. The van der Waals surface area contributed by atoms with E-state index < -0.39 is 43.2 Å². The minimum atomic E-state index is -1.37. The Morgan fingerprint density at radius 3 is 2.36 bits per heavy atom. The highest BCUT2D eigenvalue weighted by molar-refractivity contribution is 5.73. The predicted octanol–water partition coefficient (Wildman–Crippen LogP) is 2.45. The Hall–Kier alpha value is -1.30. The van der Waals surface area contributed by atoms with Crippen LogP contribution in [0.5, 0.6) is 0 Å². The number of aliphatic carboxylic acids is 1. The fourth-order valence-corrected chi connectivity index (χ4v) is 10.6. The first-order valence-electron chi connectivity index (χ1n) is 16.2. The molecule has 0 aromatic heterocycles. The molecular formula is C32H53NO9. The maximum atomic E-state index is 12.1. The number of rotatable bonds is 8. The van der Waals surface area contributed by atoms with Gasteiger partial charge >= 0.3 is 5.97 Å². The standard InChI is InChI=1S/C32H53NO9/c1-16(5-8-25(37)38)20-6-7-21-26-22(10-12-32(20,21)4)31(3)11-9-19(36)13-18(31)14-23(26)41-30-27(33-17(2)35)29(40)28(39)24(15-34)42-30/h16,18-24,26-30,34,36,39-40H,5-15H2,1-4H3,(H,33,35)(H,37,38)/t16-,18+,19+,20-,21+,22+,23+,24-,26+,27-,28-,29-,30-,31+,32-/m1/s1. The second kappa shape index (κ2) is 12.2. The highest BCUT2D eigenvalue weighted by Gasteiger charge is 2.64. The smallest absolute Gasteiger partial charge is 0.303 e. The maximum Gasteiger partial charge on any atom is 0.303 e. The van der Waals surface area contributed by atoms with Gasteiger partial charge in [0.05, 0.1) is 18.8 Å². The van der Waals surface area contributed by atoms with E-state index in [1.165, 1.54) is 6.92 Å². The molecule has 4 saturated carbocycles. The molecule has 6 N–H and O–H groups in total. The minimum absolute atomic E-state index is 0.0475. The first-order valence-corrected chi connectivity index (χ1v) is 16.2. The van der Waals surface area contributed by atoms with Crippen LogP contribution in [0.1, 0.15) is 91.9 Å². The zero-order valence-electron chi connectivity index (χ0n) is 25.7. The molecule has 0 spiro atoms. The molecule has 10 nitrogen and oxygen atoms in total. The fraction of sp³-hybridized carbons (Fsp3) is 0.938. The number of carboxylic acids is 1. The van der Waals surface area contributed by atoms with E-state index >= 15 is 0 Å². The summed E-state index contributed by atoms with van der Waals surface area (Å²) < 4.78 is 12.9. The molecule has 0 aromatic carbocycles. The quantitative estimate of drug-likeness (QED) is 0.231. The first kappa shape index (κ1) is 32.1. The van der Waals surface area contributed by atoms with Crippen LogP contribution in [0.25, 0.3) is 0 Å². The van der Waals surface area contributed by atoms with Crippen LogP contribution in [0, 0.1) is 46.3 Å². The van der Waals surface area contributed by atoms with Crippen molar-refractivity contribution in [2.24, 2.45) is 46.3 Å². The lowest BCUT2D eigenvalue weighted by atomic mass is 9.43. The second-order valence-corrected chi connectivity index (χ2v) is 14.9. The highest BCUT2D eigenvalue weighted by Crippen LogP contribution is 2.69. The molecule has 10 heteroatoms. The number of amides is 1. The first-order chi connectivity index (χ1) is 19.8. The molecule has 5 fully saturated rings. The van der Waals surface area contributed by atoms with Crippen LogP contribution in [-0.4, -0.2) is 86.9 Å². The number of ether oxygens (including phenoxy) is 2. The van der Waals surface area contributed by atoms with Gasteiger partial charge in [-0.15, -0.1) is 0 Å². The number of nitrogens with one attached hydrogen (secondary N) is 1. The van der Waals surface area contributed by atoms with Gasteiger partial charge in [-0.3, -0.25) is 9.59 Å². The molecule has 0 bridgehead atoms. The van der Waals surface area contributed by atoms with Crippen molar-refractivity contribution in [1.29, 1.82) is 0 Å². The largest absolute Gasteiger partial charge is 0.481 e. The van der Waals surface area contributed by atoms with E-state index in [0.29, 0.717) is 30.1 Å². The zero-order chi connectivity index (χ0) is 30.6. The van der Waals surface area contributed by atoms with Crippen molar-refractivity contribution in [1.82, 2.24) is 5.32 Å². The molecule has 0 radical (unpaired) electrons. The summed E-state index contributed by atoms with van der Waals surface area (Å²) >= 11 is 0. The summed E-state index contributed by atoms with van der Waals surface area (Å²) in [5.41, 5.74) is 0.123. The van der Waals surface area contributed by atoms with E-state index in [0.717, 1.165) is 51.4 Å². The molecule has 5 aliphatic rings. The summed E-state index contributed by atoms with van der Waals surface area (Å²) in [6.07, 6.45) is 2.90. The van der Waals surface area contributed by atoms with Crippen molar-refractivity contribution >= 4 is 11.9 Å². The van der Waals surface area contributed by atoms with Crippen molar-refractivity contribution in [3.05, 3.63) is 0 Å². The third-order valence-electron chi connectivity index (χ3n) is 12.8. The number of aliphatic hydroxyl groups excluding tert-OH is 4. The molecule has 1 amide bonds. The van der Waals surface area contributed by atoms with Crippen molar-refractivity contribution < 1.29 is 44.6 Å². The number of hydrogen-bond donors (Lipinski definition) is 6. The van der Waals surface area contributed by atoms with Crippen molar-refractivity contribution in [3.8, 4) is 0 Å². The van der Waals surface area contributed by atoms with Crippen LogP contribution in [0.3, 0.4) is 0 Å². The Balaban J connectivity index is 1.47. The van der Waals surface area contributed by atoms with Gasteiger partial charge in [0.15, 0.2) is 6.29 Å². The summed E-state index contributed by atoms with van der Waals surface area (Å²) in [6, 6.07) is -0.994. The lowest BCUT2D eigenvalue weighted by Crippen LogP contribution is -2.66. The fourth-order valence-electron chi connectivity index (χ4n) is 10.6. The minimum Gasteiger partial charge on any atom is -0.481 e. The van der Waals surface area contributed by atoms with Crippen molar-refractivity contribution in [2.75, 3.05) is 6.61 Å². The summed E-state index contributed by atoms with van der Waals surface area (Å²) in [5, 5.41) is 54.1. The third-order valence-corrected chi connectivity index (χ3v) is 12.8. The summed E-state index contributed by atoms with van der Waals surface area (Å²) in [7, 11) is 0. The van der Waals surface area contributed by atoms with E-state index in [-0.39, 0.29) is 47.2 Å². The van der Waals surface area contributed by atoms with Crippen LogP contribution in [0.2, 0.25) is 0 Å². The third kappa shape index (κ3) is 5.65. The lowest BCUT2D eigenvalue weighted by Gasteiger charge is -2.63. The molecular weight excluding hydrogens is 542 g/mol. The molecule has 240 valence electrons. The molecule has 1 saturated heterocycles. The lowest BCUT2D eigenvalue weighted by molar-refractivity contribution is -0.304. The molecule has 5 rings (SSSR count). The van der Waals surface area contributed by atoms with Crippen LogP contribution in [0.15, 0.2) is 0 Å². The topological polar surface area (TPSA) is 166 Å². The van der Waals surface area contributed by atoms with Gasteiger partial charge in [0.25, 0.3) is 0 Å². The monoisotopic (exact) mass is 595 g/mol. The average Bonchev–Trinajstić information content (AvgIpc) is 3.29. The molecule has 15 atom stereocenters. The van der Waals surface area contributed by atoms with E-state index in [2.05, 4.69) is 26.1 Å². The summed E-state index contributed by atoms with van der Waals surface area (Å²) in [4.78, 5) is 23.5. The Morgan fingerprint density at radius 1 is 1.00 bits per heavy atom. The van der Waals surface area contributed by atoms with Gasteiger partial charge in [-0.05, 0) is 104 Å². The number of carbonyl (C=O) groups is 2. The molecule has 42 heavy (non-hydrogen) atoms. The number of aliphatic hydroxyl groups is 4. The van der Waals surface area contributed by atoms with Gasteiger partial charge in [-0.25, -0.2) is 0 Å². The van der Waals surface area contributed by atoms with E-state index in [4.69, 9.17) is 9.47 Å². The van der Waals surface area contributed by atoms with Crippen LogP contribution < -0.4 is 5.32 Å². The molecule has 1 aliphatic heterocycles. The number of carbonyl (C=O) groups excluding carboxylic acids is 1. The SMILES string of the molecule is CC(=O)N[C@H]1[C@H](O[C@H]2C[C@@H]3C[C@@H](O)CC[C@]3(C)[C@H]3CC[C@]4(C)[C@@H]([C@H](C)CCC(=O)O)CC[C@H]4[C@H]23)O[C@H](CO)[C@@H](O)[C@@H]1O. The highest BCUT2D eigenvalue weighted by atomic mass is 16.7. The number of carboxylic acid groups (broad SMARTS) is 1. The summed E-state index contributed by atoms with van der Waals surface area (Å²) in [5.74, 6) is 0.814. The summed E-state index contributed by atoms with van der Waals surface area (Å²) in [6.45, 7) is 7.86. The van der Waals surface area contributed by atoms with Gasteiger partial charge in [0.1, 0.15) is 24.4 Å². The maximum absolute atomic E-state index is 12.1. The van der Waals surface area contributed by atoms with Gasteiger partial charge < -0.3 is 40.3 Å². The van der Waals surface area contributed by atoms with Gasteiger partial charge in [0, 0.05) is 13.3 Å². The second-order valence-electron chi connectivity index (χ2n) is 14.9. The van der Waals surface area contributed by atoms with E-state index in [1.54, 1.807) is 0 Å². The molecule has 1 heterocycles. The Kier molecular flexibility index (Phi) is 9.36. The Labute approximate surface area is 249 Å². The Bertz CT molecular complexity index is 995. The predicted molar refractivity (Wildman–Crippen MR) is 153 cm³/mol. The van der Waals surface area contributed by atoms with Crippen LogP contribution in [0.4, 0.5) is 0 Å². The van der Waals surface area contributed by atoms with E-state index in [1.807, 2.05) is 0 Å². The van der Waals surface area contributed by atoms with E-state index in [9.17, 15) is 35.1 Å². The van der Waals surface area contributed by atoms with Crippen molar-refractivity contribution in [2.45, 2.75) is 135 Å². The molecule has 0 unspecified atom stereocenters. The molecule has 0 aromatic rings. The van der Waals surface area contributed by atoms with Crippen LogP contribution >= 0.6 is 0 Å². The average molecular weight is 596 g/mol. The van der Waals surface area contributed by atoms with Gasteiger partial charge in [-0.1, -0.05) is 20.8 Å².